The molecule has 2 aromatic carbocycles. The van der Waals surface area contributed by atoms with Crippen LogP contribution in [-0.2, 0) is 25.5 Å². The fourth-order valence-electron chi connectivity index (χ4n) is 5.21. The summed E-state index contributed by atoms with van der Waals surface area (Å²) in [6, 6.07) is 10.2. The van der Waals surface area contributed by atoms with Crippen LogP contribution in [0.5, 0.6) is 23.0 Å². The smallest absolute Gasteiger partial charge is 0.331 e. The quantitative estimate of drug-likeness (QED) is 0.401. The average Bonchev–Trinajstić information content (AvgIpc) is 3.03. The summed E-state index contributed by atoms with van der Waals surface area (Å²) in [4.78, 5) is 27.4. The molecule has 0 radical (unpaired) electrons. The molecule has 4 atom stereocenters. The van der Waals surface area contributed by atoms with Crippen molar-refractivity contribution >= 4 is 18.0 Å². The van der Waals surface area contributed by atoms with E-state index in [1.165, 1.54) is 27.4 Å². The summed E-state index contributed by atoms with van der Waals surface area (Å²) in [6.07, 6.45) is 4.56. The number of ether oxygens (including phenoxy) is 5. The maximum Gasteiger partial charge on any atom is 0.331 e. The number of aromatic hydroxyl groups is 1. The molecule has 0 spiro atoms. The number of rotatable bonds is 9. The van der Waals surface area contributed by atoms with Gasteiger partial charge >= 0.3 is 11.9 Å². The summed E-state index contributed by atoms with van der Waals surface area (Å²) < 4.78 is 27.6. The zero-order valence-corrected chi connectivity index (χ0v) is 21.5. The van der Waals surface area contributed by atoms with Crippen LogP contribution in [0.4, 0.5) is 0 Å². The Kier molecular flexibility index (Phi) is 8.23. The second-order valence-corrected chi connectivity index (χ2v) is 9.32. The number of likely N-dealkylation sites (N-methyl/N-ethyl adjacent to an activating group) is 1. The van der Waals surface area contributed by atoms with Gasteiger partial charge in [0.25, 0.3) is 0 Å². The molecule has 9 nitrogen and oxygen atoms in total. The van der Waals surface area contributed by atoms with Gasteiger partial charge in [-0.3, -0.25) is 9.69 Å². The molecule has 2 fully saturated rings. The number of carbonyl (C=O) groups excluding carboxylic acids is 2. The van der Waals surface area contributed by atoms with E-state index in [9.17, 15) is 14.7 Å². The minimum atomic E-state index is -0.447. The molecule has 2 aromatic rings. The molecule has 2 unspecified atom stereocenters. The number of benzene rings is 2. The van der Waals surface area contributed by atoms with Crippen LogP contribution in [-0.4, -0.2) is 74.6 Å². The van der Waals surface area contributed by atoms with Crippen LogP contribution in [0.3, 0.4) is 0 Å². The first-order valence-electron chi connectivity index (χ1n) is 12.2. The van der Waals surface area contributed by atoms with Gasteiger partial charge in [0, 0.05) is 31.4 Å². The molecule has 2 heterocycles. The summed E-state index contributed by atoms with van der Waals surface area (Å²) in [5.41, 5.74) is 1.40. The van der Waals surface area contributed by atoms with Gasteiger partial charge in [-0.05, 0) is 48.5 Å². The van der Waals surface area contributed by atoms with Crippen molar-refractivity contribution in [1.29, 1.82) is 0 Å². The molecule has 1 N–H and O–H groups in total. The van der Waals surface area contributed by atoms with E-state index in [2.05, 4.69) is 4.90 Å². The largest absolute Gasteiger partial charge is 0.508 e. The van der Waals surface area contributed by atoms with Crippen LogP contribution in [0.2, 0.25) is 0 Å². The van der Waals surface area contributed by atoms with Gasteiger partial charge in [-0.1, -0.05) is 12.1 Å². The molecule has 198 valence electrons. The molecule has 0 aliphatic carbocycles. The van der Waals surface area contributed by atoms with E-state index in [1.807, 2.05) is 7.05 Å². The van der Waals surface area contributed by atoms with E-state index >= 15 is 0 Å². The van der Waals surface area contributed by atoms with Gasteiger partial charge in [-0.15, -0.1) is 0 Å². The van der Waals surface area contributed by atoms with E-state index in [4.69, 9.17) is 23.7 Å². The van der Waals surface area contributed by atoms with Crippen LogP contribution >= 0.6 is 0 Å². The minimum Gasteiger partial charge on any atom is -0.508 e. The first-order valence-corrected chi connectivity index (χ1v) is 12.2. The normalized spacial score (nSPS) is 23.0. The van der Waals surface area contributed by atoms with Gasteiger partial charge < -0.3 is 28.8 Å². The van der Waals surface area contributed by atoms with E-state index in [1.54, 1.807) is 42.5 Å². The first kappa shape index (κ1) is 26.3. The van der Waals surface area contributed by atoms with E-state index < -0.39 is 5.97 Å². The van der Waals surface area contributed by atoms with Crippen molar-refractivity contribution in [3.8, 4) is 23.0 Å². The molecule has 0 saturated carbocycles. The van der Waals surface area contributed by atoms with Crippen molar-refractivity contribution in [2.75, 3.05) is 28.4 Å². The molecule has 2 saturated heterocycles. The summed E-state index contributed by atoms with van der Waals surface area (Å²) in [5, 5.41) is 9.61. The lowest BCUT2D eigenvalue weighted by Gasteiger charge is -2.36. The lowest BCUT2D eigenvalue weighted by Crippen LogP contribution is -2.46. The van der Waals surface area contributed by atoms with Gasteiger partial charge in [0.15, 0.2) is 11.5 Å². The molecule has 2 aliphatic heterocycles. The Morgan fingerprint density at radius 1 is 1.00 bits per heavy atom. The van der Waals surface area contributed by atoms with Gasteiger partial charge in [-0.25, -0.2) is 4.79 Å². The third kappa shape index (κ3) is 6.17. The van der Waals surface area contributed by atoms with Gasteiger partial charge in [0.1, 0.15) is 18.0 Å². The number of methoxy groups -OCH3 is 3. The number of nitrogens with zero attached hydrogens (tertiary/aromatic N) is 1. The number of hydrogen-bond donors (Lipinski definition) is 1. The predicted octanol–water partition coefficient (Wildman–Crippen LogP) is 3.36. The highest BCUT2D eigenvalue weighted by atomic mass is 16.6. The zero-order chi connectivity index (χ0) is 26.5. The SMILES string of the molecule is COc1cc(/C=C/C(=O)O[C@H]2CC3C[C@H](OC(=O)Cc4cccc(O)c4)CC2N3C)cc(OC)c1OC. The van der Waals surface area contributed by atoms with Crippen LogP contribution in [0.25, 0.3) is 6.08 Å². The predicted molar refractivity (Wildman–Crippen MR) is 136 cm³/mol. The molecule has 4 rings (SSSR count). The van der Waals surface area contributed by atoms with Crippen molar-refractivity contribution in [3.05, 3.63) is 53.6 Å². The van der Waals surface area contributed by atoms with Crippen molar-refractivity contribution in [2.24, 2.45) is 0 Å². The van der Waals surface area contributed by atoms with Gasteiger partial charge in [-0.2, -0.15) is 0 Å². The van der Waals surface area contributed by atoms with Crippen molar-refractivity contribution in [3.63, 3.8) is 0 Å². The van der Waals surface area contributed by atoms with E-state index in [0.717, 1.165) is 0 Å². The van der Waals surface area contributed by atoms with Crippen LogP contribution < -0.4 is 14.2 Å². The van der Waals surface area contributed by atoms with Crippen LogP contribution in [0, 0.1) is 0 Å². The fraction of sp³-hybridized carbons (Fsp3) is 0.429. The number of carbonyl (C=O) groups is 2. The monoisotopic (exact) mass is 511 g/mol. The van der Waals surface area contributed by atoms with Crippen molar-refractivity contribution in [1.82, 2.24) is 4.90 Å². The Morgan fingerprint density at radius 3 is 2.38 bits per heavy atom. The number of esters is 2. The lowest BCUT2D eigenvalue weighted by atomic mass is 10.00. The number of hydrogen-bond acceptors (Lipinski definition) is 9. The van der Waals surface area contributed by atoms with Crippen molar-refractivity contribution < 1.29 is 38.4 Å². The summed E-state index contributed by atoms with van der Waals surface area (Å²) >= 11 is 0. The standard InChI is InChI=1S/C28H33NO8/c1-29-19-14-21(36-27(32)13-17-6-5-7-20(30)10-17)16-22(29)23(15-19)37-26(31)9-8-18-11-24(33-2)28(35-4)25(12-18)34-3/h5-12,19,21-23,30H,13-16H2,1-4H3/b9-8+/t19?,21-,22?,23-/m0/s1. The lowest BCUT2D eigenvalue weighted by molar-refractivity contribution is -0.153. The van der Waals surface area contributed by atoms with E-state index in [-0.39, 0.29) is 42.4 Å². The fourth-order valence-corrected chi connectivity index (χ4v) is 5.21. The molecule has 9 heteroatoms. The van der Waals surface area contributed by atoms with Crippen molar-refractivity contribution in [2.45, 2.75) is 50.0 Å². The first-order chi connectivity index (χ1) is 17.8. The molecule has 2 bridgehead atoms. The number of phenols is 1. The van der Waals surface area contributed by atoms with Crippen LogP contribution in [0.15, 0.2) is 42.5 Å². The van der Waals surface area contributed by atoms with Crippen LogP contribution in [0.1, 0.15) is 30.4 Å². The third-order valence-corrected chi connectivity index (χ3v) is 7.00. The Bertz CT molecular complexity index is 1140. The Balaban J connectivity index is 1.35. The molecule has 0 aromatic heterocycles. The molecular weight excluding hydrogens is 478 g/mol. The zero-order valence-electron chi connectivity index (χ0n) is 21.5. The Hall–Kier alpha value is -3.72. The maximum atomic E-state index is 12.7. The molecular formula is C28H33NO8. The molecule has 2 aliphatic rings. The van der Waals surface area contributed by atoms with Gasteiger partial charge in [0.05, 0.1) is 33.8 Å². The molecule has 0 amide bonds. The highest BCUT2D eigenvalue weighted by Crippen LogP contribution is 2.39. The van der Waals surface area contributed by atoms with E-state index in [0.29, 0.717) is 47.6 Å². The third-order valence-electron chi connectivity index (χ3n) is 7.00. The maximum absolute atomic E-state index is 12.7. The average molecular weight is 512 g/mol. The second-order valence-electron chi connectivity index (χ2n) is 9.32. The Labute approximate surface area is 216 Å². The summed E-state index contributed by atoms with van der Waals surface area (Å²) in [5.74, 6) is 0.796. The number of fused-ring (bicyclic) bond motifs is 2. The number of piperidine rings is 1. The summed E-state index contributed by atoms with van der Waals surface area (Å²) in [7, 11) is 6.61. The Morgan fingerprint density at radius 2 is 1.73 bits per heavy atom. The topological polar surface area (TPSA) is 104 Å². The number of phenolic OH excluding ortho intramolecular Hbond substituents is 1. The highest BCUT2D eigenvalue weighted by molar-refractivity contribution is 5.87. The highest BCUT2D eigenvalue weighted by Gasteiger charge is 2.47. The van der Waals surface area contributed by atoms with Gasteiger partial charge in [0.2, 0.25) is 5.75 Å². The molecule has 37 heavy (non-hydrogen) atoms. The summed E-state index contributed by atoms with van der Waals surface area (Å²) in [6.45, 7) is 0. The minimum absolute atomic E-state index is 0.0316. The second kappa shape index (κ2) is 11.6.